The highest BCUT2D eigenvalue weighted by Crippen LogP contribution is 2.12. The summed E-state index contributed by atoms with van der Waals surface area (Å²) in [6.07, 6.45) is 3.61. The molecule has 0 N–H and O–H groups in total. The van der Waals surface area contributed by atoms with Gasteiger partial charge in [0.15, 0.2) is 0 Å². The molecule has 0 saturated carbocycles. The molecule has 0 bridgehead atoms. The lowest BCUT2D eigenvalue weighted by molar-refractivity contribution is -0.0392. The Morgan fingerprint density at radius 1 is 1.62 bits per heavy atom. The average Bonchev–Trinajstić information content (AvgIpc) is 2.19. The number of hydrogen-bond donors (Lipinski definition) is 0. The summed E-state index contributed by atoms with van der Waals surface area (Å²) in [6, 6.07) is 1.90. The minimum absolute atomic E-state index is 0.205. The van der Waals surface area contributed by atoms with Gasteiger partial charge in [0.1, 0.15) is 5.38 Å². The molecule has 2 unspecified atom stereocenters. The van der Waals surface area contributed by atoms with Gasteiger partial charge in [0.05, 0.1) is 25.4 Å². The Hall–Kier alpha value is -0.300. The second kappa shape index (κ2) is 6.20. The van der Waals surface area contributed by atoms with E-state index in [1.807, 2.05) is 6.07 Å². The number of nitriles is 1. The van der Waals surface area contributed by atoms with Crippen molar-refractivity contribution in [1.29, 1.82) is 5.26 Å². The number of ether oxygens (including phenoxy) is 2. The predicted molar refractivity (Wildman–Crippen MR) is 49.7 cm³/mol. The Bertz CT molecular complexity index is 175. The van der Waals surface area contributed by atoms with E-state index in [1.165, 1.54) is 6.42 Å². The van der Waals surface area contributed by atoms with Crippen LogP contribution in [0.2, 0.25) is 0 Å². The van der Waals surface area contributed by atoms with Crippen molar-refractivity contribution in [2.75, 3.05) is 19.8 Å². The maximum Gasteiger partial charge on any atom is 0.143 e. The minimum Gasteiger partial charge on any atom is -0.376 e. The lowest BCUT2D eigenvalue weighted by Gasteiger charge is -2.22. The second-order valence-corrected chi connectivity index (χ2v) is 3.65. The fourth-order valence-corrected chi connectivity index (χ4v) is 1.37. The van der Waals surface area contributed by atoms with Crippen LogP contribution in [0.15, 0.2) is 0 Å². The molecule has 0 spiro atoms. The summed E-state index contributed by atoms with van der Waals surface area (Å²) in [4.78, 5) is 0. The van der Waals surface area contributed by atoms with Crippen LogP contribution in [-0.4, -0.2) is 31.3 Å². The maximum atomic E-state index is 8.38. The normalized spacial score (nSPS) is 25.1. The smallest absolute Gasteiger partial charge is 0.143 e. The molecule has 0 radical (unpaired) electrons. The van der Waals surface area contributed by atoms with E-state index in [1.54, 1.807) is 0 Å². The molecule has 1 aliphatic heterocycles. The zero-order valence-electron chi connectivity index (χ0n) is 7.54. The lowest BCUT2D eigenvalue weighted by Crippen LogP contribution is -2.25. The van der Waals surface area contributed by atoms with Crippen LogP contribution in [0.4, 0.5) is 0 Å². The quantitative estimate of drug-likeness (QED) is 0.654. The van der Waals surface area contributed by atoms with E-state index >= 15 is 0 Å². The molecule has 2 atom stereocenters. The molecule has 74 valence electrons. The number of nitrogens with zero attached hydrogens (tertiary/aromatic N) is 1. The van der Waals surface area contributed by atoms with Crippen molar-refractivity contribution < 1.29 is 9.47 Å². The third kappa shape index (κ3) is 4.47. The molecule has 1 heterocycles. The maximum absolute atomic E-state index is 8.38. The molecule has 0 aromatic rings. The second-order valence-electron chi connectivity index (χ2n) is 3.12. The average molecular weight is 204 g/mol. The zero-order chi connectivity index (χ0) is 9.52. The van der Waals surface area contributed by atoms with E-state index in [9.17, 15) is 0 Å². The summed E-state index contributed by atoms with van der Waals surface area (Å²) in [5.74, 6) is 0. The molecule has 0 aromatic heterocycles. The first-order chi connectivity index (χ1) is 6.33. The van der Waals surface area contributed by atoms with E-state index in [0.717, 1.165) is 19.4 Å². The summed E-state index contributed by atoms with van der Waals surface area (Å²) < 4.78 is 10.7. The van der Waals surface area contributed by atoms with Crippen LogP contribution < -0.4 is 0 Å². The van der Waals surface area contributed by atoms with Gasteiger partial charge in [-0.3, -0.25) is 0 Å². The van der Waals surface area contributed by atoms with Crippen molar-refractivity contribution in [2.24, 2.45) is 0 Å². The van der Waals surface area contributed by atoms with Crippen LogP contribution in [0.1, 0.15) is 19.3 Å². The molecular formula is C9H14ClNO2. The van der Waals surface area contributed by atoms with E-state index in [0.29, 0.717) is 6.61 Å². The third-order valence-corrected chi connectivity index (χ3v) is 2.21. The van der Waals surface area contributed by atoms with Gasteiger partial charge in [0.25, 0.3) is 0 Å². The minimum atomic E-state index is -0.538. The highest BCUT2D eigenvalue weighted by atomic mass is 35.5. The fraction of sp³-hybridized carbons (Fsp3) is 0.889. The fourth-order valence-electron chi connectivity index (χ4n) is 1.28. The molecule has 3 nitrogen and oxygen atoms in total. The molecule has 1 fully saturated rings. The van der Waals surface area contributed by atoms with Crippen molar-refractivity contribution in [3.05, 3.63) is 0 Å². The van der Waals surface area contributed by atoms with Crippen molar-refractivity contribution in [2.45, 2.75) is 30.7 Å². The van der Waals surface area contributed by atoms with Gasteiger partial charge >= 0.3 is 0 Å². The Kier molecular flexibility index (Phi) is 5.14. The standard InChI is InChI=1S/C9H14ClNO2/c10-8(5-11)6-12-7-9-3-1-2-4-13-9/h8-9H,1-4,6-7H2. The summed E-state index contributed by atoms with van der Waals surface area (Å²) in [7, 11) is 0. The molecule has 1 saturated heterocycles. The van der Waals surface area contributed by atoms with Crippen LogP contribution in [0.25, 0.3) is 0 Å². The van der Waals surface area contributed by atoms with Gasteiger partial charge in [-0.25, -0.2) is 0 Å². The molecule has 1 aliphatic rings. The molecule has 0 aliphatic carbocycles. The third-order valence-electron chi connectivity index (χ3n) is 1.98. The highest BCUT2D eigenvalue weighted by Gasteiger charge is 2.14. The van der Waals surface area contributed by atoms with Gasteiger partial charge in [-0.2, -0.15) is 5.26 Å². The van der Waals surface area contributed by atoms with Gasteiger partial charge in [-0.05, 0) is 19.3 Å². The Balaban J connectivity index is 2.02. The molecule has 0 aromatic carbocycles. The predicted octanol–water partition coefficient (Wildman–Crippen LogP) is 1.70. The van der Waals surface area contributed by atoms with E-state index in [4.69, 9.17) is 26.3 Å². The topological polar surface area (TPSA) is 42.2 Å². The van der Waals surface area contributed by atoms with Gasteiger partial charge in [0.2, 0.25) is 0 Å². The van der Waals surface area contributed by atoms with E-state index < -0.39 is 5.38 Å². The summed E-state index contributed by atoms with van der Waals surface area (Å²) in [5.41, 5.74) is 0. The zero-order valence-corrected chi connectivity index (χ0v) is 8.29. The summed E-state index contributed by atoms with van der Waals surface area (Å²) in [5, 5.41) is 7.84. The molecule has 0 amide bonds. The van der Waals surface area contributed by atoms with Crippen molar-refractivity contribution in [3.8, 4) is 6.07 Å². The number of alkyl halides is 1. The monoisotopic (exact) mass is 203 g/mol. The molecule has 4 heteroatoms. The Morgan fingerprint density at radius 2 is 2.46 bits per heavy atom. The Labute approximate surface area is 83.6 Å². The number of hydrogen-bond acceptors (Lipinski definition) is 3. The molecule has 13 heavy (non-hydrogen) atoms. The van der Waals surface area contributed by atoms with Crippen molar-refractivity contribution >= 4 is 11.6 Å². The van der Waals surface area contributed by atoms with Gasteiger partial charge in [-0.1, -0.05) is 0 Å². The highest BCUT2D eigenvalue weighted by molar-refractivity contribution is 6.22. The van der Waals surface area contributed by atoms with Crippen molar-refractivity contribution in [3.63, 3.8) is 0 Å². The summed E-state index contributed by atoms with van der Waals surface area (Å²) in [6.45, 7) is 1.68. The van der Waals surface area contributed by atoms with Crippen LogP contribution in [-0.2, 0) is 9.47 Å². The van der Waals surface area contributed by atoms with Gasteiger partial charge in [0, 0.05) is 6.61 Å². The van der Waals surface area contributed by atoms with E-state index in [2.05, 4.69) is 0 Å². The van der Waals surface area contributed by atoms with E-state index in [-0.39, 0.29) is 12.7 Å². The first kappa shape index (κ1) is 10.8. The van der Waals surface area contributed by atoms with Crippen LogP contribution >= 0.6 is 11.6 Å². The SMILES string of the molecule is N#CC(Cl)COCC1CCCCO1. The van der Waals surface area contributed by atoms with Gasteiger partial charge < -0.3 is 9.47 Å². The van der Waals surface area contributed by atoms with Crippen LogP contribution in [0.3, 0.4) is 0 Å². The number of halogens is 1. The first-order valence-corrected chi connectivity index (χ1v) is 4.99. The largest absolute Gasteiger partial charge is 0.376 e. The van der Waals surface area contributed by atoms with Gasteiger partial charge in [-0.15, -0.1) is 11.6 Å². The molecular weight excluding hydrogens is 190 g/mol. The number of rotatable bonds is 4. The van der Waals surface area contributed by atoms with Crippen LogP contribution in [0.5, 0.6) is 0 Å². The lowest BCUT2D eigenvalue weighted by atomic mass is 10.1. The molecule has 1 rings (SSSR count). The summed E-state index contributed by atoms with van der Waals surface area (Å²) >= 11 is 5.56. The first-order valence-electron chi connectivity index (χ1n) is 4.56. The Morgan fingerprint density at radius 3 is 3.08 bits per heavy atom. The van der Waals surface area contributed by atoms with Crippen molar-refractivity contribution in [1.82, 2.24) is 0 Å². The van der Waals surface area contributed by atoms with Crippen LogP contribution in [0, 0.1) is 11.3 Å².